The predicted octanol–water partition coefficient (Wildman–Crippen LogP) is 14.8. The number of rotatable bonds is 13. The van der Waals surface area contributed by atoms with Gasteiger partial charge in [0, 0.05) is 68.5 Å². The van der Waals surface area contributed by atoms with Crippen LogP contribution in [0.3, 0.4) is 0 Å². The van der Waals surface area contributed by atoms with Gasteiger partial charge in [-0.2, -0.15) is 19.4 Å². The molecule has 86 heavy (non-hydrogen) atoms. The number of carbonyl (C=O) groups is 4. The molecule has 2 amide bonds. The van der Waals surface area contributed by atoms with Gasteiger partial charge in [-0.1, -0.05) is 126 Å². The van der Waals surface area contributed by atoms with Crippen LogP contribution in [0, 0.1) is 6.92 Å². The second-order valence-electron chi connectivity index (χ2n) is 20.2. The van der Waals surface area contributed by atoms with Crippen LogP contribution in [0.15, 0.2) is 127 Å². The van der Waals surface area contributed by atoms with E-state index in [2.05, 4.69) is 69.7 Å². The smallest absolute Gasteiger partial charge is 0.412 e. The van der Waals surface area contributed by atoms with Gasteiger partial charge in [0.05, 0.1) is 36.7 Å². The van der Waals surface area contributed by atoms with Gasteiger partial charge < -0.3 is 43.5 Å². The molecule has 1 N–H and O–H groups in total. The van der Waals surface area contributed by atoms with Crippen LogP contribution in [0.4, 0.5) is 14.4 Å². The highest BCUT2D eigenvalue weighted by Crippen LogP contribution is 2.43. The van der Waals surface area contributed by atoms with Gasteiger partial charge in [-0.15, -0.1) is 0 Å². The molecule has 0 atom stereocenters. The van der Waals surface area contributed by atoms with Crippen molar-refractivity contribution in [2.45, 2.75) is 71.6 Å². The number of ether oxygens (including phenoxy) is 6. The standard InChI is InChI=1S/C30H32N4O4.C27H26N2O2.C4H8ClNO2.C2H2Cl2O2.C2H7N/c1-20-25(22-15-17-24(36-4)18-16-22)29(37-19-38-30(35)33(2)3)34-28(31-20)26(21-11-7-5-8-12-21)27(32-34)23-13-9-6-10-14-23;1-18-17-23-25(19-9-5-3-6-10-19)26(21-11-7-4-8-12-21)28-29(23)27(30)24(18)20-13-15-22(31-2)16-14-20;1-6(2)4(7)8-3-5;3-1-6-2(4)5;1-3-2/h6,9-11,13-18H,5,7-8,12,19H2,1-4H3;4,7-9,11-16H,3,5-6,10,17H2,1-2H3;3H2,1-2H3;1H2;3H,1-2H3. The number of amides is 2. The van der Waals surface area contributed by atoms with E-state index in [9.17, 15) is 19.2 Å². The molecule has 18 nitrogen and oxygen atoms in total. The van der Waals surface area contributed by atoms with Crippen molar-refractivity contribution in [3.63, 3.8) is 0 Å². The summed E-state index contributed by atoms with van der Waals surface area (Å²) in [5.74, 6) is 1.94. The first-order valence-corrected chi connectivity index (χ1v) is 29.4. The van der Waals surface area contributed by atoms with Crippen LogP contribution < -0.4 is 19.5 Å². The van der Waals surface area contributed by atoms with E-state index in [0.29, 0.717) is 5.88 Å². The molecule has 3 aromatic heterocycles. The van der Waals surface area contributed by atoms with Crippen LogP contribution in [0.25, 0.3) is 56.0 Å². The summed E-state index contributed by atoms with van der Waals surface area (Å²) in [5.41, 5.74) is 14.6. The molecule has 1 aliphatic heterocycles. The Morgan fingerprint density at radius 3 is 1.55 bits per heavy atom. The minimum Gasteiger partial charge on any atom is -0.497 e. The van der Waals surface area contributed by atoms with Crippen molar-refractivity contribution >= 4 is 80.7 Å². The molecule has 7 aromatic rings. The highest BCUT2D eigenvalue weighted by molar-refractivity contribution is 6.61. The number of halogens is 3. The summed E-state index contributed by atoms with van der Waals surface area (Å²) in [5, 5.41) is 12.7. The average molecular weight is 1230 g/mol. The first-order valence-electron chi connectivity index (χ1n) is 27.9. The summed E-state index contributed by atoms with van der Waals surface area (Å²) in [7, 11) is 13.5. The first-order chi connectivity index (χ1) is 41.5. The Morgan fingerprint density at radius 2 is 1.10 bits per heavy atom. The molecule has 10 rings (SSSR count). The maximum atomic E-state index is 13.7. The second-order valence-corrected chi connectivity index (χ2v) is 20.9. The van der Waals surface area contributed by atoms with Crippen LogP contribution >= 0.6 is 34.8 Å². The number of hydrogen-bond acceptors (Lipinski definition) is 14. The van der Waals surface area contributed by atoms with Crippen LogP contribution in [0.2, 0.25) is 0 Å². The zero-order chi connectivity index (χ0) is 62.3. The van der Waals surface area contributed by atoms with Crippen molar-refractivity contribution in [3.05, 3.63) is 155 Å². The molecule has 456 valence electrons. The largest absolute Gasteiger partial charge is 0.497 e. The normalized spacial score (nSPS) is 13.2. The number of hydrogen-bond donors (Lipinski definition) is 1. The van der Waals surface area contributed by atoms with E-state index in [1.165, 1.54) is 40.2 Å². The number of aromatic nitrogens is 5. The molecule has 0 radical (unpaired) electrons. The number of nitrogens with one attached hydrogen (secondary N) is 1. The Morgan fingerprint density at radius 1 is 0.616 bits per heavy atom. The van der Waals surface area contributed by atoms with Gasteiger partial charge >= 0.3 is 17.6 Å². The summed E-state index contributed by atoms with van der Waals surface area (Å²) in [4.78, 5) is 53.4. The highest BCUT2D eigenvalue weighted by atomic mass is 35.5. The van der Waals surface area contributed by atoms with Crippen molar-refractivity contribution in [1.29, 1.82) is 0 Å². The molecule has 21 heteroatoms. The topological polar surface area (TPSA) is 190 Å². The molecular formula is C65H75Cl3N8O10. The van der Waals surface area contributed by atoms with Gasteiger partial charge in [0.1, 0.15) is 22.9 Å². The van der Waals surface area contributed by atoms with Crippen molar-refractivity contribution in [3.8, 4) is 51.0 Å². The Labute approximate surface area is 518 Å². The zero-order valence-electron chi connectivity index (χ0n) is 50.4. The Kier molecular flexibility index (Phi) is 26.1. The minimum atomic E-state index is -0.870. The van der Waals surface area contributed by atoms with Gasteiger partial charge in [-0.25, -0.2) is 19.4 Å². The summed E-state index contributed by atoms with van der Waals surface area (Å²) in [6.45, 7) is 3.76. The van der Waals surface area contributed by atoms with Gasteiger partial charge in [-0.05, 0) is 126 Å². The van der Waals surface area contributed by atoms with Gasteiger partial charge in [0.15, 0.2) is 17.8 Å². The fourth-order valence-electron chi connectivity index (χ4n) is 9.74. The van der Waals surface area contributed by atoms with Crippen molar-refractivity contribution in [2.75, 3.05) is 75.4 Å². The minimum absolute atomic E-state index is 0.0521. The molecule has 0 spiro atoms. The summed E-state index contributed by atoms with van der Waals surface area (Å²) >= 11 is 14.6. The summed E-state index contributed by atoms with van der Waals surface area (Å²) in [6, 6.07) is 35.5. The molecule has 0 unspecified atom stereocenters. The van der Waals surface area contributed by atoms with Crippen LogP contribution in [-0.4, -0.2) is 133 Å². The number of benzene rings is 4. The first kappa shape index (κ1) is 67.0. The molecule has 4 heterocycles. The number of nitrogens with zero attached hydrogens (tertiary/aromatic N) is 7. The third-order valence-corrected chi connectivity index (χ3v) is 14.0. The van der Waals surface area contributed by atoms with E-state index in [-0.39, 0.29) is 24.8 Å². The van der Waals surface area contributed by atoms with E-state index in [1.807, 2.05) is 106 Å². The Hall–Kier alpha value is -8.16. The van der Waals surface area contributed by atoms with E-state index >= 15 is 0 Å². The van der Waals surface area contributed by atoms with E-state index in [1.54, 1.807) is 51.6 Å². The lowest BCUT2D eigenvalue weighted by Gasteiger charge is -2.21. The average Bonchev–Trinajstić information content (AvgIpc) is 2.06. The summed E-state index contributed by atoms with van der Waals surface area (Å²) in [6.07, 6.45) is 13.3. The van der Waals surface area contributed by atoms with Crippen LogP contribution in [-0.2, 0) is 20.6 Å². The fraction of sp³-hybridized carbons (Fsp3) is 0.338. The molecule has 0 fully saturated rings. The van der Waals surface area contributed by atoms with Crippen LogP contribution in [0.5, 0.6) is 17.4 Å². The summed E-state index contributed by atoms with van der Waals surface area (Å²) < 4.78 is 33.9. The Bertz CT molecular complexity index is 3490. The number of carbonyl (C=O) groups excluding carboxylic acids is 4. The lowest BCUT2D eigenvalue weighted by molar-refractivity contribution is 0.0400. The highest BCUT2D eigenvalue weighted by Gasteiger charge is 2.33. The number of methoxy groups -OCH3 is 2. The molecule has 0 saturated heterocycles. The molecule has 4 aromatic carbocycles. The Balaban J connectivity index is 0.000000219. The maximum Gasteiger partial charge on any atom is 0.412 e. The number of allylic oxidation sites excluding steroid dienone is 6. The SMILES string of the molecule is CN(C)C(=O)OCCl.CNC.COc1ccc(-c2c(C)nc3c(C4=CCCCC4)c(-c4ccccc4)nn3c2OCOC(=O)N(C)C)cc1.COc1ccc(C2=C(C)Cc3c(C4=CCCCC4)c(-c4ccccc4)nn3C2=O)cc1.O=C(Cl)OCCl. The van der Waals surface area contributed by atoms with Gasteiger partial charge in [0.25, 0.3) is 5.91 Å². The third-order valence-electron chi connectivity index (χ3n) is 13.7. The zero-order valence-corrected chi connectivity index (χ0v) is 52.6. The van der Waals surface area contributed by atoms with Gasteiger partial charge in [0.2, 0.25) is 12.7 Å². The molecule has 0 saturated carbocycles. The number of fused-ring (bicyclic) bond motifs is 2. The molecule has 2 aliphatic carbocycles. The fourth-order valence-corrected chi connectivity index (χ4v) is 10.0. The lowest BCUT2D eigenvalue weighted by atomic mass is 9.87. The predicted molar refractivity (Wildman–Crippen MR) is 340 cm³/mol. The van der Waals surface area contributed by atoms with Gasteiger partial charge in [-0.3, -0.25) is 4.79 Å². The molecular weight excluding hydrogens is 1160 g/mol. The maximum absolute atomic E-state index is 13.7. The van der Waals surface area contributed by atoms with E-state index in [4.69, 9.17) is 57.3 Å². The number of aryl methyl sites for hydroxylation is 1. The van der Waals surface area contributed by atoms with Crippen LogP contribution in [0.1, 0.15) is 91.2 Å². The van der Waals surface area contributed by atoms with Crippen molar-refractivity contribution < 1.29 is 47.6 Å². The van der Waals surface area contributed by atoms with Crippen molar-refractivity contribution in [1.82, 2.24) is 39.5 Å². The molecule has 3 aliphatic rings. The number of alkyl halides is 2. The lowest BCUT2D eigenvalue weighted by Crippen LogP contribution is -2.24. The van der Waals surface area contributed by atoms with E-state index < -0.39 is 17.6 Å². The quantitative estimate of drug-likeness (QED) is 0.0496. The van der Waals surface area contributed by atoms with E-state index in [0.717, 1.165) is 129 Å². The molecule has 0 bridgehead atoms. The van der Waals surface area contributed by atoms with Crippen molar-refractivity contribution in [2.24, 2.45) is 0 Å². The second kappa shape index (κ2) is 33.5. The monoisotopic (exact) mass is 1230 g/mol. The third kappa shape index (κ3) is 17.5.